The maximum atomic E-state index is 5.68. The maximum Gasteiger partial charge on any atom is 0.180 e. The molecule has 0 spiro atoms. The van der Waals surface area contributed by atoms with Gasteiger partial charge >= 0.3 is 0 Å². The zero-order valence-electron chi connectivity index (χ0n) is 11.4. The van der Waals surface area contributed by atoms with Gasteiger partial charge in [-0.05, 0) is 32.9 Å². The summed E-state index contributed by atoms with van der Waals surface area (Å²) >= 11 is 3.45. The van der Waals surface area contributed by atoms with Gasteiger partial charge in [0.05, 0.1) is 0 Å². The van der Waals surface area contributed by atoms with Gasteiger partial charge in [-0.3, -0.25) is 4.90 Å². The first-order valence-electron chi connectivity index (χ1n) is 6.04. The second-order valence-corrected chi connectivity index (χ2v) is 7.20. The smallest absolute Gasteiger partial charge is 0.180 e. The van der Waals surface area contributed by atoms with Gasteiger partial charge in [-0.2, -0.15) is 0 Å². The normalized spacial score (nSPS) is 11.0. The Bertz CT molecular complexity index is 465. The van der Waals surface area contributed by atoms with E-state index in [4.69, 9.17) is 5.73 Å². The number of nitrogen functional groups attached to an aromatic ring is 1. The quantitative estimate of drug-likeness (QED) is 0.908. The van der Waals surface area contributed by atoms with Crippen LogP contribution < -0.4 is 5.73 Å². The number of thiophene rings is 1. The predicted molar refractivity (Wildman–Crippen MR) is 87.2 cm³/mol. The van der Waals surface area contributed by atoms with E-state index in [0.717, 1.165) is 13.1 Å². The zero-order valence-corrected chi connectivity index (χ0v) is 13.9. The van der Waals surface area contributed by atoms with Gasteiger partial charge in [-0.25, -0.2) is 4.98 Å². The zero-order chi connectivity index (χ0) is 13.1. The minimum atomic E-state index is 0. The number of aryl methyl sites for hydroxylation is 1. The summed E-state index contributed by atoms with van der Waals surface area (Å²) in [6, 6.07) is 4.91. The number of aromatic nitrogens is 1. The summed E-state index contributed by atoms with van der Waals surface area (Å²) in [5.74, 6) is 0. The molecule has 3 nitrogen and oxygen atoms in total. The molecule has 2 aromatic heterocycles. The summed E-state index contributed by atoms with van der Waals surface area (Å²) in [5, 5.41) is 0.653. The molecule has 6 heteroatoms. The highest BCUT2D eigenvalue weighted by Gasteiger charge is 2.13. The van der Waals surface area contributed by atoms with Gasteiger partial charge in [0.1, 0.15) is 0 Å². The number of hydrogen-bond donors (Lipinski definition) is 1. The van der Waals surface area contributed by atoms with Gasteiger partial charge in [0.2, 0.25) is 0 Å². The molecule has 0 aliphatic heterocycles. The molecule has 0 bridgehead atoms. The van der Waals surface area contributed by atoms with E-state index in [9.17, 15) is 0 Å². The molecule has 0 radical (unpaired) electrons. The fraction of sp³-hybridized carbons (Fsp3) is 0.462. The topological polar surface area (TPSA) is 42.2 Å². The van der Waals surface area contributed by atoms with E-state index < -0.39 is 0 Å². The van der Waals surface area contributed by atoms with E-state index in [2.05, 4.69) is 42.8 Å². The number of nitrogens with zero attached hydrogens (tertiary/aromatic N) is 2. The molecule has 0 fully saturated rings. The summed E-state index contributed by atoms with van der Waals surface area (Å²) in [5.41, 5.74) is 5.68. The van der Waals surface area contributed by atoms with E-state index >= 15 is 0 Å². The Balaban J connectivity index is 0.00000180. The molecule has 19 heavy (non-hydrogen) atoms. The Morgan fingerprint density at radius 3 is 2.37 bits per heavy atom. The lowest BCUT2D eigenvalue weighted by molar-refractivity contribution is 0.207. The number of anilines is 1. The Morgan fingerprint density at radius 1 is 1.21 bits per heavy atom. The average molecular weight is 318 g/mol. The van der Waals surface area contributed by atoms with Crippen molar-refractivity contribution in [1.29, 1.82) is 0 Å². The predicted octanol–water partition coefficient (Wildman–Crippen LogP) is 3.93. The minimum absolute atomic E-state index is 0. The molecular weight excluding hydrogens is 298 g/mol. The lowest BCUT2D eigenvalue weighted by Gasteiger charge is -2.25. The third kappa shape index (κ3) is 4.76. The molecule has 0 atom stereocenters. The summed E-state index contributed by atoms with van der Waals surface area (Å²) in [6.45, 7) is 8.52. The molecule has 0 aliphatic rings. The van der Waals surface area contributed by atoms with Crippen LogP contribution in [0.3, 0.4) is 0 Å². The summed E-state index contributed by atoms with van der Waals surface area (Å²) in [6.07, 6.45) is 1.88. The van der Waals surface area contributed by atoms with Crippen molar-refractivity contribution in [2.24, 2.45) is 0 Å². The van der Waals surface area contributed by atoms with Crippen LogP contribution in [0.25, 0.3) is 0 Å². The van der Waals surface area contributed by atoms with Gasteiger partial charge in [-0.15, -0.1) is 35.1 Å². The van der Waals surface area contributed by atoms with Crippen molar-refractivity contribution in [3.05, 3.63) is 33.0 Å². The Morgan fingerprint density at radius 2 is 1.89 bits per heavy atom. The number of halogens is 1. The van der Waals surface area contributed by atoms with E-state index in [-0.39, 0.29) is 12.4 Å². The van der Waals surface area contributed by atoms with E-state index in [1.54, 1.807) is 11.3 Å². The molecule has 0 aromatic carbocycles. The van der Waals surface area contributed by atoms with Gasteiger partial charge in [0.15, 0.2) is 5.13 Å². The maximum absolute atomic E-state index is 5.68. The Kier molecular flexibility index (Phi) is 6.26. The highest BCUT2D eigenvalue weighted by atomic mass is 35.5. The van der Waals surface area contributed by atoms with E-state index in [0.29, 0.717) is 11.2 Å². The van der Waals surface area contributed by atoms with Crippen LogP contribution in [-0.4, -0.2) is 15.9 Å². The van der Waals surface area contributed by atoms with Crippen LogP contribution in [0.1, 0.15) is 28.5 Å². The summed E-state index contributed by atoms with van der Waals surface area (Å²) in [4.78, 5) is 10.6. The minimum Gasteiger partial charge on any atom is -0.375 e. The fourth-order valence-corrected chi connectivity index (χ4v) is 3.41. The van der Waals surface area contributed by atoms with Gasteiger partial charge in [0.25, 0.3) is 0 Å². The van der Waals surface area contributed by atoms with Crippen molar-refractivity contribution in [2.75, 3.05) is 5.73 Å². The molecule has 2 heterocycles. The number of thiazole rings is 1. The largest absolute Gasteiger partial charge is 0.375 e. The van der Waals surface area contributed by atoms with Crippen LogP contribution in [0.4, 0.5) is 5.13 Å². The second kappa shape index (κ2) is 7.24. The Labute approximate surface area is 128 Å². The molecule has 0 aliphatic carbocycles. The van der Waals surface area contributed by atoms with Gasteiger partial charge in [-0.1, -0.05) is 0 Å². The van der Waals surface area contributed by atoms with Gasteiger partial charge in [0, 0.05) is 40.0 Å². The van der Waals surface area contributed by atoms with Crippen molar-refractivity contribution in [3.8, 4) is 0 Å². The standard InChI is InChI=1S/C13H19N3S2.ClH/c1-9(2)16(7-11-5-4-10(3)17-11)8-12-6-15-13(14)18-12;/h4-6,9H,7-8H2,1-3H3,(H2,14,15);1H. The molecule has 2 aromatic rings. The Hall–Kier alpha value is -0.620. The monoisotopic (exact) mass is 317 g/mol. The summed E-state index contributed by atoms with van der Waals surface area (Å²) < 4.78 is 0. The second-order valence-electron chi connectivity index (χ2n) is 4.68. The highest BCUT2D eigenvalue weighted by Crippen LogP contribution is 2.22. The molecular formula is C13H20ClN3S2. The van der Waals surface area contributed by atoms with Crippen molar-refractivity contribution in [1.82, 2.24) is 9.88 Å². The van der Waals surface area contributed by atoms with Gasteiger partial charge < -0.3 is 5.73 Å². The molecule has 2 N–H and O–H groups in total. The molecule has 2 rings (SSSR count). The van der Waals surface area contributed by atoms with Crippen molar-refractivity contribution in [3.63, 3.8) is 0 Å². The number of nitrogens with two attached hydrogens (primary N) is 1. The number of rotatable bonds is 5. The van der Waals surface area contributed by atoms with E-state index in [1.165, 1.54) is 14.6 Å². The molecule has 0 saturated heterocycles. The fourth-order valence-electron chi connectivity index (χ4n) is 1.79. The first-order chi connectivity index (χ1) is 8.54. The van der Waals surface area contributed by atoms with Crippen molar-refractivity contribution in [2.45, 2.75) is 39.9 Å². The first kappa shape index (κ1) is 16.4. The van der Waals surface area contributed by atoms with Crippen molar-refractivity contribution >= 4 is 40.2 Å². The molecule has 106 valence electrons. The molecule has 0 unspecified atom stereocenters. The van der Waals surface area contributed by atoms with Crippen LogP contribution in [-0.2, 0) is 13.1 Å². The van der Waals surface area contributed by atoms with Crippen molar-refractivity contribution < 1.29 is 0 Å². The van der Waals surface area contributed by atoms with Crippen LogP contribution in [0.2, 0.25) is 0 Å². The van der Waals surface area contributed by atoms with Crippen LogP contribution in [0, 0.1) is 6.92 Å². The highest BCUT2D eigenvalue weighted by molar-refractivity contribution is 7.15. The average Bonchev–Trinajstić information content (AvgIpc) is 2.87. The van der Waals surface area contributed by atoms with Crippen LogP contribution >= 0.6 is 35.1 Å². The van der Waals surface area contributed by atoms with Crippen LogP contribution in [0.5, 0.6) is 0 Å². The third-order valence-electron chi connectivity index (χ3n) is 2.82. The van der Waals surface area contributed by atoms with Crippen LogP contribution in [0.15, 0.2) is 18.3 Å². The first-order valence-corrected chi connectivity index (χ1v) is 7.67. The lowest BCUT2D eigenvalue weighted by atomic mass is 10.3. The number of hydrogen-bond acceptors (Lipinski definition) is 5. The summed E-state index contributed by atoms with van der Waals surface area (Å²) in [7, 11) is 0. The third-order valence-corrected chi connectivity index (χ3v) is 4.61. The van der Waals surface area contributed by atoms with E-state index in [1.807, 2.05) is 17.5 Å². The SMILES string of the molecule is Cc1ccc(CN(Cc2cnc(N)s2)C(C)C)s1.Cl. The molecule has 0 amide bonds. The lowest BCUT2D eigenvalue weighted by Crippen LogP contribution is -2.29. The molecule has 0 saturated carbocycles.